The number of primary amides is 1. The Morgan fingerprint density at radius 3 is 3.05 bits per heavy atom. The number of nitrogens with zero attached hydrogens (tertiary/aromatic N) is 1. The van der Waals surface area contributed by atoms with Crippen molar-refractivity contribution in [1.82, 2.24) is 5.06 Å². The molecule has 0 spiro atoms. The van der Waals surface area contributed by atoms with E-state index in [4.69, 9.17) is 10.5 Å². The van der Waals surface area contributed by atoms with Gasteiger partial charge in [-0.3, -0.25) is 5.21 Å². The molecule has 1 unspecified atom stereocenters. The summed E-state index contributed by atoms with van der Waals surface area (Å²) in [5, 5.41) is 9.64. The minimum atomic E-state index is -0.940. The molecular formula is C14H16N2O3. The molecule has 5 nitrogen and oxygen atoms in total. The topological polar surface area (TPSA) is 75.8 Å². The normalized spacial score (nSPS) is 10.8. The van der Waals surface area contributed by atoms with E-state index in [1.54, 1.807) is 37.3 Å². The first-order valence-electron chi connectivity index (χ1n) is 5.67. The second-order valence-corrected chi connectivity index (χ2v) is 3.76. The van der Waals surface area contributed by atoms with Crippen LogP contribution in [0.5, 0.6) is 5.75 Å². The Morgan fingerprint density at radius 1 is 1.68 bits per heavy atom. The van der Waals surface area contributed by atoms with Gasteiger partial charge in [-0.25, -0.2) is 4.79 Å². The van der Waals surface area contributed by atoms with Gasteiger partial charge in [-0.15, -0.1) is 0 Å². The zero-order chi connectivity index (χ0) is 14.3. The minimum absolute atomic E-state index is 0.380. The Labute approximate surface area is 112 Å². The number of benzene rings is 1. The van der Waals surface area contributed by atoms with Crippen LogP contribution in [0.15, 0.2) is 36.9 Å². The lowest BCUT2D eigenvalue weighted by molar-refractivity contribution is -0.0536. The van der Waals surface area contributed by atoms with Crippen molar-refractivity contribution in [1.29, 1.82) is 0 Å². The summed E-state index contributed by atoms with van der Waals surface area (Å²) in [4.78, 5) is 10.7. The van der Waals surface area contributed by atoms with E-state index in [1.165, 1.54) is 0 Å². The second-order valence-electron chi connectivity index (χ2n) is 3.76. The SMILES string of the molecule is C=CCOc1cccc(C#CC(C)N(O)C(N)=O)c1. The molecule has 0 fully saturated rings. The third-order valence-electron chi connectivity index (χ3n) is 2.22. The van der Waals surface area contributed by atoms with Crippen molar-refractivity contribution >= 4 is 6.03 Å². The van der Waals surface area contributed by atoms with Gasteiger partial charge in [-0.2, -0.15) is 5.06 Å². The monoisotopic (exact) mass is 260 g/mol. The van der Waals surface area contributed by atoms with Gasteiger partial charge in [0.05, 0.1) is 0 Å². The molecule has 100 valence electrons. The molecule has 0 saturated heterocycles. The molecule has 0 aliphatic carbocycles. The van der Waals surface area contributed by atoms with Crippen molar-refractivity contribution in [3.8, 4) is 17.6 Å². The molecule has 0 aromatic heterocycles. The Bertz CT molecular complexity index is 517. The first kappa shape index (κ1) is 14.6. The van der Waals surface area contributed by atoms with E-state index < -0.39 is 12.1 Å². The molecule has 0 aliphatic rings. The number of carbonyl (C=O) groups is 1. The fraction of sp³-hybridized carbons (Fsp3) is 0.214. The molecule has 2 amide bonds. The number of amides is 2. The lowest BCUT2D eigenvalue weighted by Crippen LogP contribution is -2.38. The highest BCUT2D eigenvalue weighted by atomic mass is 16.5. The van der Waals surface area contributed by atoms with E-state index in [9.17, 15) is 10.0 Å². The van der Waals surface area contributed by atoms with Crippen LogP contribution in [-0.2, 0) is 0 Å². The quantitative estimate of drug-likeness (QED) is 0.375. The molecule has 1 atom stereocenters. The molecule has 0 saturated carbocycles. The highest BCUT2D eigenvalue weighted by Crippen LogP contribution is 2.12. The van der Waals surface area contributed by atoms with E-state index in [2.05, 4.69) is 18.4 Å². The number of ether oxygens (including phenoxy) is 1. The fourth-order valence-electron chi connectivity index (χ4n) is 1.26. The van der Waals surface area contributed by atoms with Gasteiger partial charge in [0, 0.05) is 5.56 Å². The predicted molar refractivity (Wildman–Crippen MR) is 71.7 cm³/mol. The first-order chi connectivity index (χ1) is 9.04. The van der Waals surface area contributed by atoms with Crippen molar-refractivity contribution in [2.45, 2.75) is 13.0 Å². The highest BCUT2D eigenvalue weighted by Gasteiger charge is 2.11. The van der Waals surface area contributed by atoms with Gasteiger partial charge in [0.1, 0.15) is 18.4 Å². The number of hydrogen-bond acceptors (Lipinski definition) is 3. The second kappa shape index (κ2) is 7.09. The standard InChI is InChI=1S/C14H16N2O3/c1-3-9-19-13-6-4-5-12(10-13)8-7-11(2)16(18)14(15)17/h3-6,10-11,18H,1,9H2,2H3,(H2,15,17). The Kier molecular flexibility index (Phi) is 5.45. The van der Waals surface area contributed by atoms with Crippen LogP contribution in [0.2, 0.25) is 0 Å². The van der Waals surface area contributed by atoms with Crippen LogP contribution in [-0.4, -0.2) is 29.0 Å². The minimum Gasteiger partial charge on any atom is -0.490 e. The van der Waals surface area contributed by atoms with Gasteiger partial charge in [-0.05, 0) is 25.1 Å². The van der Waals surface area contributed by atoms with E-state index in [-0.39, 0.29) is 0 Å². The summed E-state index contributed by atoms with van der Waals surface area (Å²) in [6.45, 7) is 5.54. The van der Waals surface area contributed by atoms with E-state index in [0.717, 1.165) is 0 Å². The third kappa shape index (κ3) is 4.74. The van der Waals surface area contributed by atoms with Gasteiger partial charge in [0.15, 0.2) is 0 Å². The van der Waals surface area contributed by atoms with E-state index in [0.29, 0.717) is 23.0 Å². The largest absolute Gasteiger partial charge is 0.490 e. The van der Waals surface area contributed by atoms with Gasteiger partial charge >= 0.3 is 6.03 Å². The van der Waals surface area contributed by atoms with Crippen LogP contribution < -0.4 is 10.5 Å². The lowest BCUT2D eigenvalue weighted by atomic mass is 10.2. The third-order valence-corrected chi connectivity index (χ3v) is 2.22. The van der Waals surface area contributed by atoms with Crippen molar-refractivity contribution < 1.29 is 14.7 Å². The van der Waals surface area contributed by atoms with Crippen molar-refractivity contribution in [3.63, 3.8) is 0 Å². The van der Waals surface area contributed by atoms with Gasteiger partial charge < -0.3 is 10.5 Å². The molecule has 5 heteroatoms. The number of hydrogen-bond donors (Lipinski definition) is 2. The number of hydroxylamine groups is 2. The number of rotatable bonds is 4. The summed E-state index contributed by atoms with van der Waals surface area (Å²) in [5.74, 6) is 6.22. The maximum absolute atomic E-state index is 10.7. The molecule has 3 N–H and O–H groups in total. The van der Waals surface area contributed by atoms with Gasteiger partial charge in [-0.1, -0.05) is 30.6 Å². The molecule has 0 aliphatic heterocycles. The van der Waals surface area contributed by atoms with E-state index in [1.807, 2.05) is 0 Å². The van der Waals surface area contributed by atoms with Crippen molar-refractivity contribution in [2.75, 3.05) is 6.61 Å². The zero-order valence-corrected chi connectivity index (χ0v) is 10.7. The molecule has 1 aromatic carbocycles. The molecule has 1 rings (SSSR count). The molecular weight excluding hydrogens is 244 g/mol. The Balaban J connectivity index is 2.77. The van der Waals surface area contributed by atoms with E-state index >= 15 is 0 Å². The number of nitrogens with two attached hydrogens (primary N) is 1. The Hall–Kier alpha value is -2.45. The summed E-state index contributed by atoms with van der Waals surface area (Å²) in [7, 11) is 0. The van der Waals surface area contributed by atoms with Crippen LogP contribution in [0.25, 0.3) is 0 Å². The average molecular weight is 260 g/mol. The molecule has 0 bridgehead atoms. The summed E-state index contributed by atoms with van der Waals surface area (Å²) < 4.78 is 5.37. The van der Waals surface area contributed by atoms with Crippen LogP contribution >= 0.6 is 0 Å². The zero-order valence-electron chi connectivity index (χ0n) is 10.7. The first-order valence-corrected chi connectivity index (χ1v) is 5.67. The Morgan fingerprint density at radius 2 is 2.42 bits per heavy atom. The maximum Gasteiger partial charge on any atom is 0.339 e. The molecule has 19 heavy (non-hydrogen) atoms. The molecule has 0 radical (unpaired) electrons. The smallest absolute Gasteiger partial charge is 0.339 e. The van der Waals surface area contributed by atoms with Gasteiger partial charge in [0.2, 0.25) is 0 Å². The molecule has 1 aromatic rings. The molecule has 0 heterocycles. The van der Waals surface area contributed by atoms with Crippen LogP contribution in [0.4, 0.5) is 4.79 Å². The lowest BCUT2D eigenvalue weighted by Gasteiger charge is -2.14. The summed E-state index contributed by atoms with van der Waals surface area (Å²) >= 11 is 0. The number of urea groups is 1. The van der Waals surface area contributed by atoms with Crippen LogP contribution in [0.1, 0.15) is 12.5 Å². The van der Waals surface area contributed by atoms with Gasteiger partial charge in [0.25, 0.3) is 0 Å². The predicted octanol–water partition coefficient (Wildman–Crippen LogP) is 1.76. The summed E-state index contributed by atoms with van der Waals surface area (Å²) in [6.07, 6.45) is 1.65. The highest BCUT2D eigenvalue weighted by molar-refractivity contribution is 5.71. The van der Waals surface area contributed by atoms with Crippen LogP contribution in [0, 0.1) is 11.8 Å². The van der Waals surface area contributed by atoms with Crippen molar-refractivity contribution in [3.05, 3.63) is 42.5 Å². The fourth-order valence-corrected chi connectivity index (χ4v) is 1.26. The maximum atomic E-state index is 10.7. The number of carbonyl (C=O) groups excluding carboxylic acids is 1. The van der Waals surface area contributed by atoms with Crippen molar-refractivity contribution in [2.24, 2.45) is 5.73 Å². The average Bonchev–Trinajstić information content (AvgIpc) is 2.42. The summed E-state index contributed by atoms with van der Waals surface area (Å²) in [6, 6.07) is 5.54. The van der Waals surface area contributed by atoms with Crippen LogP contribution in [0.3, 0.4) is 0 Å². The summed E-state index contributed by atoms with van der Waals surface area (Å²) in [5.41, 5.74) is 5.64.